The Morgan fingerprint density at radius 1 is 1.28 bits per heavy atom. The Hall–Kier alpha value is -0.540. The summed E-state index contributed by atoms with van der Waals surface area (Å²) in [4.78, 5) is 2.52. The molecule has 1 aliphatic heterocycles. The molecule has 1 fully saturated rings. The van der Waals surface area contributed by atoms with Crippen LogP contribution in [0.25, 0.3) is 0 Å². The predicted octanol–water partition coefficient (Wildman–Crippen LogP) is 3.64. The second kappa shape index (κ2) is 5.62. The maximum absolute atomic E-state index is 3.64. The number of aryl methyl sites for hydroxylation is 2. The third-order valence-corrected chi connectivity index (χ3v) is 3.99. The quantitative estimate of drug-likeness (QED) is 0.917. The summed E-state index contributed by atoms with van der Waals surface area (Å²) in [6.45, 7) is 11.1. The summed E-state index contributed by atoms with van der Waals surface area (Å²) in [6, 6.07) is 5.63. The van der Waals surface area contributed by atoms with Gasteiger partial charge < -0.3 is 10.2 Å². The summed E-state index contributed by atoms with van der Waals surface area (Å²) in [5.74, 6) is 0. The molecule has 1 aliphatic rings. The van der Waals surface area contributed by atoms with Crippen molar-refractivity contribution in [2.75, 3.05) is 18.0 Å². The Labute approximate surface area is 119 Å². The maximum Gasteiger partial charge on any atom is 0.0426 e. The maximum atomic E-state index is 3.64. The average Bonchev–Trinajstić information content (AvgIpc) is 2.63. The molecule has 1 N–H and O–H groups in total. The zero-order chi connectivity index (χ0) is 13.3. The van der Waals surface area contributed by atoms with Crippen LogP contribution >= 0.6 is 15.9 Å². The van der Waals surface area contributed by atoms with Crippen LogP contribution in [-0.4, -0.2) is 25.2 Å². The van der Waals surface area contributed by atoms with Crippen LogP contribution in [-0.2, 0) is 0 Å². The Bertz CT molecular complexity index is 405. The molecule has 2 rings (SSSR count). The van der Waals surface area contributed by atoms with E-state index < -0.39 is 0 Å². The van der Waals surface area contributed by atoms with Gasteiger partial charge in [0.05, 0.1) is 0 Å². The molecule has 0 spiro atoms. The van der Waals surface area contributed by atoms with Crippen LogP contribution in [0.1, 0.15) is 31.4 Å². The first kappa shape index (κ1) is 13.9. The number of hydrogen-bond acceptors (Lipinski definition) is 2. The summed E-state index contributed by atoms with van der Waals surface area (Å²) in [5, 5.41) is 3.64. The number of rotatable bonds is 3. The second-order valence-electron chi connectivity index (χ2n) is 5.64. The fourth-order valence-corrected chi connectivity index (χ4v) is 3.66. The van der Waals surface area contributed by atoms with Crippen LogP contribution < -0.4 is 10.2 Å². The highest BCUT2D eigenvalue weighted by Gasteiger charge is 2.24. The van der Waals surface area contributed by atoms with Crippen molar-refractivity contribution >= 4 is 21.6 Å². The number of nitrogens with one attached hydrogen (secondary N) is 1. The number of halogens is 1. The topological polar surface area (TPSA) is 15.3 Å². The van der Waals surface area contributed by atoms with Gasteiger partial charge in [0.25, 0.3) is 0 Å². The first-order chi connectivity index (χ1) is 8.47. The van der Waals surface area contributed by atoms with Gasteiger partial charge in [0.1, 0.15) is 0 Å². The van der Waals surface area contributed by atoms with Crippen molar-refractivity contribution in [1.82, 2.24) is 5.32 Å². The van der Waals surface area contributed by atoms with E-state index in [0.717, 1.165) is 13.1 Å². The van der Waals surface area contributed by atoms with E-state index >= 15 is 0 Å². The summed E-state index contributed by atoms with van der Waals surface area (Å²) in [5.41, 5.74) is 4.16. The van der Waals surface area contributed by atoms with Crippen LogP contribution in [0.2, 0.25) is 0 Å². The highest BCUT2D eigenvalue weighted by molar-refractivity contribution is 9.10. The number of benzene rings is 1. The van der Waals surface area contributed by atoms with Gasteiger partial charge in [0, 0.05) is 35.3 Å². The molecule has 0 radical (unpaired) electrons. The molecule has 100 valence electrons. The molecule has 1 heterocycles. The molecule has 0 saturated carbocycles. The van der Waals surface area contributed by atoms with Crippen molar-refractivity contribution in [3.05, 3.63) is 27.7 Å². The van der Waals surface area contributed by atoms with Crippen molar-refractivity contribution in [2.24, 2.45) is 0 Å². The van der Waals surface area contributed by atoms with Crippen molar-refractivity contribution in [3.63, 3.8) is 0 Å². The molecule has 1 aromatic rings. The number of anilines is 1. The normalized spacial score (nSPS) is 19.9. The predicted molar refractivity (Wildman–Crippen MR) is 82.5 cm³/mol. The van der Waals surface area contributed by atoms with Crippen LogP contribution in [0.5, 0.6) is 0 Å². The molecule has 0 bridgehead atoms. The van der Waals surface area contributed by atoms with Crippen LogP contribution in [0.3, 0.4) is 0 Å². The molecular weight excluding hydrogens is 288 g/mol. The number of nitrogens with zero attached hydrogens (tertiary/aromatic N) is 1. The fourth-order valence-electron chi connectivity index (χ4n) is 2.97. The van der Waals surface area contributed by atoms with E-state index in [2.05, 4.69) is 66.0 Å². The smallest absolute Gasteiger partial charge is 0.0426 e. The minimum Gasteiger partial charge on any atom is -0.369 e. The van der Waals surface area contributed by atoms with E-state index in [1.54, 1.807) is 0 Å². The lowest BCUT2D eigenvalue weighted by molar-refractivity contribution is 0.492. The fraction of sp³-hybridized carbons (Fsp3) is 0.600. The summed E-state index contributed by atoms with van der Waals surface area (Å²) in [6.07, 6.45) is 1.24. The largest absolute Gasteiger partial charge is 0.369 e. The first-order valence-corrected chi connectivity index (χ1v) is 7.54. The molecule has 1 aromatic carbocycles. The van der Waals surface area contributed by atoms with Gasteiger partial charge in [-0.1, -0.05) is 29.8 Å². The van der Waals surface area contributed by atoms with Gasteiger partial charge in [-0.15, -0.1) is 0 Å². The third-order valence-electron chi connectivity index (χ3n) is 3.53. The first-order valence-electron chi connectivity index (χ1n) is 6.75. The highest BCUT2D eigenvalue weighted by atomic mass is 79.9. The molecule has 1 saturated heterocycles. The lowest BCUT2D eigenvalue weighted by atomic mass is 10.1. The molecule has 1 unspecified atom stereocenters. The van der Waals surface area contributed by atoms with E-state index in [1.165, 1.54) is 27.7 Å². The van der Waals surface area contributed by atoms with E-state index in [0.29, 0.717) is 12.1 Å². The average molecular weight is 311 g/mol. The van der Waals surface area contributed by atoms with Crippen LogP contribution in [0, 0.1) is 13.8 Å². The minimum absolute atomic E-state index is 0.571. The third kappa shape index (κ3) is 3.07. The van der Waals surface area contributed by atoms with Gasteiger partial charge in [0.2, 0.25) is 0 Å². The highest BCUT2D eigenvalue weighted by Crippen LogP contribution is 2.31. The minimum atomic E-state index is 0.571. The molecule has 0 aromatic heterocycles. The Kier molecular flexibility index (Phi) is 4.33. The van der Waals surface area contributed by atoms with Gasteiger partial charge in [-0.2, -0.15) is 0 Å². The van der Waals surface area contributed by atoms with Gasteiger partial charge in [-0.3, -0.25) is 0 Å². The van der Waals surface area contributed by atoms with Crippen LogP contribution in [0.15, 0.2) is 16.6 Å². The molecule has 0 aliphatic carbocycles. The molecule has 18 heavy (non-hydrogen) atoms. The second-order valence-corrected chi connectivity index (χ2v) is 6.56. The zero-order valence-corrected chi connectivity index (χ0v) is 13.3. The summed E-state index contributed by atoms with van der Waals surface area (Å²) < 4.78 is 1.18. The standard InChI is InChI=1S/C15H23BrN2/c1-10(2)17-14-5-6-18(9-14)15-11(3)7-13(16)8-12(15)4/h7-8,10,14,17H,5-6,9H2,1-4H3. The Morgan fingerprint density at radius 2 is 1.89 bits per heavy atom. The number of hydrogen-bond donors (Lipinski definition) is 1. The van der Waals surface area contributed by atoms with Crippen LogP contribution in [0.4, 0.5) is 5.69 Å². The Morgan fingerprint density at radius 3 is 2.44 bits per heavy atom. The van der Waals surface area contributed by atoms with E-state index in [1.807, 2.05) is 0 Å². The lowest BCUT2D eigenvalue weighted by Crippen LogP contribution is -2.37. The molecule has 2 nitrogen and oxygen atoms in total. The van der Waals surface area contributed by atoms with Gasteiger partial charge in [0.15, 0.2) is 0 Å². The van der Waals surface area contributed by atoms with Gasteiger partial charge >= 0.3 is 0 Å². The lowest BCUT2D eigenvalue weighted by Gasteiger charge is -2.24. The van der Waals surface area contributed by atoms with Crippen molar-refractivity contribution in [2.45, 2.75) is 46.2 Å². The van der Waals surface area contributed by atoms with E-state index in [-0.39, 0.29) is 0 Å². The SMILES string of the molecule is Cc1cc(Br)cc(C)c1N1CCC(NC(C)C)C1. The summed E-state index contributed by atoms with van der Waals surface area (Å²) >= 11 is 3.57. The zero-order valence-electron chi connectivity index (χ0n) is 11.8. The van der Waals surface area contributed by atoms with E-state index in [4.69, 9.17) is 0 Å². The van der Waals surface area contributed by atoms with Gasteiger partial charge in [-0.05, 0) is 43.5 Å². The van der Waals surface area contributed by atoms with Crippen molar-refractivity contribution in [3.8, 4) is 0 Å². The molecule has 0 amide bonds. The molecule has 3 heteroatoms. The van der Waals surface area contributed by atoms with Gasteiger partial charge in [-0.25, -0.2) is 0 Å². The molecule has 1 atom stereocenters. The van der Waals surface area contributed by atoms with Crippen molar-refractivity contribution < 1.29 is 0 Å². The summed E-state index contributed by atoms with van der Waals surface area (Å²) in [7, 11) is 0. The monoisotopic (exact) mass is 310 g/mol. The Balaban J connectivity index is 2.14. The van der Waals surface area contributed by atoms with Crippen molar-refractivity contribution in [1.29, 1.82) is 0 Å². The van der Waals surface area contributed by atoms with E-state index in [9.17, 15) is 0 Å². The molecular formula is C15H23BrN2.